The summed E-state index contributed by atoms with van der Waals surface area (Å²) in [6.07, 6.45) is 0.166. The van der Waals surface area contributed by atoms with Gasteiger partial charge in [-0.2, -0.15) is 11.3 Å². The summed E-state index contributed by atoms with van der Waals surface area (Å²) in [5, 5.41) is 6.85. The lowest BCUT2D eigenvalue weighted by atomic mass is 10.1. The van der Waals surface area contributed by atoms with Crippen molar-refractivity contribution < 1.29 is 14.3 Å². The van der Waals surface area contributed by atoms with Crippen LogP contribution < -0.4 is 10.1 Å². The second-order valence-corrected chi connectivity index (χ2v) is 5.36. The monoisotopic (exact) mass is 305 g/mol. The number of carbonyl (C=O) groups excluding carboxylic acids is 1. The van der Waals surface area contributed by atoms with E-state index in [9.17, 15) is 4.79 Å². The van der Waals surface area contributed by atoms with Crippen molar-refractivity contribution in [3.8, 4) is 5.75 Å². The zero-order valence-corrected chi connectivity index (χ0v) is 13.0. The molecule has 112 valence electrons. The summed E-state index contributed by atoms with van der Waals surface area (Å²) >= 11 is 1.59. The highest BCUT2D eigenvalue weighted by Crippen LogP contribution is 2.26. The highest BCUT2D eigenvalue weighted by atomic mass is 32.1. The van der Waals surface area contributed by atoms with E-state index in [2.05, 4.69) is 5.32 Å². The molecule has 0 aliphatic rings. The van der Waals surface area contributed by atoms with E-state index in [4.69, 9.17) is 9.47 Å². The number of carbonyl (C=O) groups is 1. The number of para-hydroxylation sites is 1. The Morgan fingerprint density at radius 1 is 1.29 bits per heavy atom. The minimum atomic E-state index is -0.229. The predicted molar refractivity (Wildman–Crippen MR) is 83.8 cm³/mol. The van der Waals surface area contributed by atoms with Crippen LogP contribution in [0.2, 0.25) is 0 Å². The van der Waals surface area contributed by atoms with Gasteiger partial charge in [0.25, 0.3) is 0 Å². The molecule has 21 heavy (non-hydrogen) atoms. The number of hydrogen-bond donors (Lipinski definition) is 1. The normalized spacial score (nSPS) is 11.9. The smallest absolute Gasteiger partial charge is 0.224 e. The minimum Gasteiger partial charge on any atom is -0.496 e. The van der Waals surface area contributed by atoms with Crippen LogP contribution in [0.4, 0.5) is 0 Å². The number of thiophene rings is 1. The first-order chi connectivity index (χ1) is 10.2. The quantitative estimate of drug-likeness (QED) is 0.855. The van der Waals surface area contributed by atoms with Gasteiger partial charge in [0.1, 0.15) is 11.9 Å². The molecule has 0 saturated carbocycles. The average Bonchev–Trinajstić information content (AvgIpc) is 3.01. The van der Waals surface area contributed by atoms with E-state index in [1.165, 1.54) is 0 Å². The van der Waals surface area contributed by atoms with Crippen LogP contribution in [-0.2, 0) is 16.0 Å². The highest BCUT2D eigenvalue weighted by molar-refractivity contribution is 7.07. The van der Waals surface area contributed by atoms with Crippen LogP contribution in [0.3, 0.4) is 0 Å². The summed E-state index contributed by atoms with van der Waals surface area (Å²) in [5.41, 5.74) is 1.96. The molecule has 0 radical (unpaired) electrons. The van der Waals surface area contributed by atoms with Crippen molar-refractivity contribution >= 4 is 17.2 Å². The fraction of sp³-hybridized carbons (Fsp3) is 0.312. The zero-order chi connectivity index (χ0) is 15.1. The summed E-state index contributed by atoms with van der Waals surface area (Å²) in [5.74, 6) is 0.752. The van der Waals surface area contributed by atoms with Gasteiger partial charge in [-0.25, -0.2) is 0 Å². The van der Waals surface area contributed by atoms with E-state index in [1.54, 1.807) is 25.6 Å². The number of hydrogen-bond acceptors (Lipinski definition) is 4. The number of nitrogens with one attached hydrogen (secondary N) is 1. The maximum atomic E-state index is 11.9. The van der Waals surface area contributed by atoms with Crippen molar-refractivity contribution in [2.24, 2.45) is 0 Å². The van der Waals surface area contributed by atoms with Crippen LogP contribution in [0.1, 0.15) is 17.2 Å². The molecule has 1 N–H and O–H groups in total. The molecule has 0 aliphatic heterocycles. The Morgan fingerprint density at radius 3 is 2.76 bits per heavy atom. The van der Waals surface area contributed by atoms with Gasteiger partial charge in [-0.15, -0.1) is 0 Å². The molecular formula is C16H19NO3S. The summed E-state index contributed by atoms with van der Waals surface area (Å²) in [4.78, 5) is 11.9. The fourth-order valence-electron chi connectivity index (χ4n) is 2.10. The first-order valence-electron chi connectivity index (χ1n) is 6.68. The molecule has 1 aromatic carbocycles. The maximum Gasteiger partial charge on any atom is 0.224 e. The second kappa shape index (κ2) is 7.81. The van der Waals surface area contributed by atoms with E-state index < -0.39 is 0 Å². The Balaban J connectivity index is 1.94. The molecule has 4 nitrogen and oxygen atoms in total. The highest BCUT2D eigenvalue weighted by Gasteiger charge is 2.16. The number of rotatable bonds is 7. The van der Waals surface area contributed by atoms with Crippen molar-refractivity contribution in [3.05, 3.63) is 52.2 Å². The van der Waals surface area contributed by atoms with E-state index in [0.717, 1.165) is 16.9 Å². The predicted octanol–water partition coefficient (Wildman–Crippen LogP) is 2.80. The largest absolute Gasteiger partial charge is 0.496 e. The fourth-order valence-corrected chi connectivity index (χ4v) is 2.77. The molecule has 1 atom stereocenters. The van der Waals surface area contributed by atoms with E-state index in [-0.39, 0.29) is 12.0 Å². The molecule has 0 fully saturated rings. The molecule has 0 aliphatic carbocycles. The molecular weight excluding hydrogens is 286 g/mol. The Kier molecular flexibility index (Phi) is 5.78. The summed E-state index contributed by atoms with van der Waals surface area (Å²) in [6, 6.07) is 9.62. The number of amides is 1. The van der Waals surface area contributed by atoms with Crippen molar-refractivity contribution in [2.75, 3.05) is 20.8 Å². The van der Waals surface area contributed by atoms with Gasteiger partial charge in [0.05, 0.1) is 13.5 Å². The van der Waals surface area contributed by atoms with Gasteiger partial charge >= 0.3 is 0 Å². The van der Waals surface area contributed by atoms with Crippen LogP contribution in [0.25, 0.3) is 0 Å². The minimum absolute atomic E-state index is 0.00894. The number of ether oxygens (including phenoxy) is 2. The zero-order valence-electron chi connectivity index (χ0n) is 12.2. The Hall–Kier alpha value is -1.85. The van der Waals surface area contributed by atoms with Gasteiger partial charge in [-0.3, -0.25) is 4.79 Å². The van der Waals surface area contributed by atoms with Crippen LogP contribution in [0.5, 0.6) is 5.75 Å². The van der Waals surface area contributed by atoms with E-state index in [0.29, 0.717) is 13.0 Å². The molecule has 0 unspecified atom stereocenters. The van der Waals surface area contributed by atoms with Crippen LogP contribution >= 0.6 is 11.3 Å². The third-order valence-corrected chi connectivity index (χ3v) is 3.93. The van der Waals surface area contributed by atoms with Crippen molar-refractivity contribution in [3.63, 3.8) is 0 Å². The summed E-state index contributed by atoms with van der Waals surface area (Å²) in [7, 11) is 3.25. The van der Waals surface area contributed by atoms with Gasteiger partial charge in [0.2, 0.25) is 5.91 Å². The number of benzene rings is 1. The second-order valence-electron chi connectivity index (χ2n) is 4.58. The molecule has 1 aromatic heterocycles. The van der Waals surface area contributed by atoms with Gasteiger partial charge in [0, 0.05) is 19.2 Å². The average molecular weight is 305 g/mol. The van der Waals surface area contributed by atoms with E-state index >= 15 is 0 Å². The molecule has 2 rings (SSSR count). The molecule has 0 saturated heterocycles. The van der Waals surface area contributed by atoms with Crippen molar-refractivity contribution in [1.82, 2.24) is 5.32 Å². The third-order valence-electron chi connectivity index (χ3n) is 3.20. The first kappa shape index (κ1) is 15.5. The molecule has 5 heteroatoms. The van der Waals surface area contributed by atoms with Crippen molar-refractivity contribution in [2.45, 2.75) is 12.5 Å². The summed E-state index contributed by atoms with van der Waals surface area (Å²) < 4.78 is 10.8. The summed E-state index contributed by atoms with van der Waals surface area (Å²) in [6.45, 7) is 0.417. The van der Waals surface area contributed by atoms with Crippen LogP contribution in [0, 0.1) is 0 Å². The molecule has 1 heterocycles. The standard InChI is InChI=1S/C16H19NO3S/c1-19-14-6-4-3-5-13(14)15(20-2)10-17-16(18)9-12-7-8-21-11-12/h3-8,11,15H,9-10H2,1-2H3,(H,17,18)/t15-/m0/s1. The molecule has 0 bridgehead atoms. The first-order valence-corrected chi connectivity index (χ1v) is 7.62. The molecule has 2 aromatic rings. The van der Waals surface area contributed by atoms with Gasteiger partial charge in [0.15, 0.2) is 0 Å². The van der Waals surface area contributed by atoms with E-state index in [1.807, 2.05) is 41.1 Å². The Morgan fingerprint density at radius 2 is 2.10 bits per heavy atom. The third kappa shape index (κ3) is 4.31. The molecule has 0 spiro atoms. The van der Waals surface area contributed by atoms with Gasteiger partial charge < -0.3 is 14.8 Å². The molecule has 1 amide bonds. The maximum absolute atomic E-state index is 11.9. The Labute approximate surface area is 128 Å². The lowest BCUT2D eigenvalue weighted by Gasteiger charge is -2.19. The number of methoxy groups -OCH3 is 2. The SMILES string of the molecule is COc1ccccc1[C@H](CNC(=O)Cc1ccsc1)OC. The van der Waals surface area contributed by atoms with Gasteiger partial charge in [-0.1, -0.05) is 18.2 Å². The van der Waals surface area contributed by atoms with Crippen LogP contribution in [-0.4, -0.2) is 26.7 Å². The lowest BCUT2D eigenvalue weighted by molar-refractivity contribution is -0.121. The Bertz CT molecular complexity index is 569. The topological polar surface area (TPSA) is 47.6 Å². The van der Waals surface area contributed by atoms with Gasteiger partial charge in [-0.05, 0) is 28.5 Å². The van der Waals surface area contributed by atoms with Crippen molar-refractivity contribution in [1.29, 1.82) is 0 Å². The lowest BCUT2D eigenvalue weighted by Crippen LogP contribution is -2.30. The van der Waals surface area contributed by atoms with Crippen LogP contribution in [0.15, 0.2) is 41.1 Å².